The SMILES string of the molecule is CCC(OC(=O)CC1CCC(=O)O1)C1Cc2ccccc2C(=O)O1. The van der Waals surface area contributed by atoms with Crippen LogP contribution in [-0.4, -0.2) is 36.2 Å². The first-order valence-electron chi connectivity index (χ1n) is 8.24. The minimum absolute atomic E-state index is 0.0412. The summed E-state index contributed by atoms with van der Waals surface area (Å²) in [6, 6.07) is 7.28. The van der Waals surface area contributed by atoms with Crippen molar-refractivity contribution >= 4 is 17.9 Å². The van der Waals surface area contributed by atoms with E-state index in [0.29, 0.717) is 31.2 Å². The van der Waals surface area contributed by atoms with Gasteiger partial charge >= 0.3 is 17.9 Å². The van der Waals surface area contributed by atoms with E-state index in [9.17, 15) is 14.4 Å². The van der Waals surface area contributed by atoms with Crippen LogP contribution in [0.4, 0.5) is 0 Å². The number of cyclic esters (lactones) is 2. The molecular weight excluding hydrogens is 312 g/mol. The molecule has 128 valence electrons. The van der Waals surface area contributed by atoms with E-state index in [1.54, 1.807) is 12.1 Å². The van der Waals surface area contributed by atoms with Crippen LogP contribution in [0.15, 0.2) is 24.3 Å². The lowest BCUT2D eigenvalue weighted by Crippen LogP contribution is -2.40. The third kappa shape index (κ3) is 3.58. The zero-order chi connectivity index (χ0) is 17.1. The minimum atomic E-state index is -0.507. The third-order valence-corrected chi connectivity index (χ3v) is 4.38. The monoisotopic (exact) mass is 332 g/mol. The Morgan fingerprint density at radius 1 is 1.29 bits per heavy atom. The standard InChI is InChI=1S/C18H20O6/c1-2-14(23-17(20)10-12-7-8-16(19)22-12)15-9-11-5-3-4-6-13(11)18(21)24-15/h3-6,12,14-15H,2,7-10H2,1H3. The number of ether oxygens (including phenoxy) is 3. The second kappa shape index (κ2) is 7.03. The summed E-state index contributed by atoms with van der Waals surface area (Å²) in [6.07, 6.45) is 0.571. The molecule has 0 N–H and O–H groups in total. The van der Waals surface area contributed by atoms with Gasteiger partial charge in [-0.2, -0.15) is 0 Å². The molecule has 0 amide bonds. The zero-order valence-corrected chi connectivity index (χ0v) is 13.5. The van der Waals surface area contributed by atoms with Crippen LogP contribution in [0.25, 0.3) is 0 Å². The average molecular weight is 332 g/mol. The van der Waals surface area contributed by atoms with Gasteiger partial charge in [-0.05, 0) is 24.5 Å². The van der Waals surface area contributed by atoms with Crippen LogP contribution < -0.4 is 0 Å². The Balaban J connectivity index is 1.61. The molecule has 0 aliphatic carbocycles. The largest absolute Gasteiger partial charge is 0.462 e. The van der Waals surface area contributed by atoms with Crippen molar-refractivity contribution in [3.8, 4) is 0 Å². The normalized spacial score (nSPS) is 23.9. The molecule has 0 bridgehead atoms. The highest BCUT2D eigenvalue weighted by Crippen LogP contribution is 2.25. The van der Waals surface area contributed by atoms with Crippen LogP contribution in [0.1, 0.15) is 48.5 Å². The molecule has 6 nitrogen and oxygen atoms in total. The van der Waals surface area contributed by atoms with Crippen molar-refractivity contribution in [1.82, 2.24) is 0 Å². The fourth-order valence-corrected chi connectivity index (χ4v) is 3.12. The molecule has 0 saturated carbocycles. The maximum absolute atomic E-state index is 12.1. The summed E-state index contributed by atoms with van der Waals surface area (Å²) in [7, 11) is 0. The predicted molar refractivity (Wildman–Crippen MR) is 83.3 cm³/mol. The van der Waals surface area contributed by atoms with Gasteiger partial charge in [0.15, 0.2) is 0 Å². The molecule has 2 aliphatic heterocycles. The number of hydrogen-bond acceptors (Lipinski definition) is 6. The number of hydrogen-bond donors (Lipinski definition) is 0. The lowest BCUT2D eigenvalue weighted by Gasteiger charge is -2.30. The van der Waals surface area contributed by atoms with Crippen molar-refractivity contribution in [1.29, 1.82) is 0 Å². The lowest BCUT2D eigenvalue weighted by molar-refractivity contribution is -0.159. The predicted octanol–water partition coefficient (Wildman–Crippen LogP) is 2.19. The summed E-state index contributed by atoms with van der Waals surface area (Å²) in [5.74, 6) is -1.10. The Morgan fingerprint density at radius 3 is 2.79 bits per heavy atom. The van der Waals surface area contributed by atoms with Crippen molar-refractivity contribution in [3.05, 3.63) is 35.4 Å². The summed E-state index contributed by atoms with van der Waals surface area (Å²) >= 11 is 0. The van der Waals surface area contributed by atoms with Crippen LogP contribution in [0.5, 0.6) is 0 Å². The molecule has 0 spiro atoms. The van der Waals surface area contributed by atoms with Crippen molar-refractivity contribution in [2.45, 2.75) is 57.3 Å². The van der Waals surface area contributed by atoms with Crippen LogP contribution in [0, 0.1) is 0 Å². The third-order valence-electron chi connectivity index (χ3n) is 4.38. The van der Waals surface area contributed by atoms with E-state index in [1.807, 2.05) is 19.1 Å². The van der Waals surface area contributed by atoms with E-state index < -0.39 is 24.3 Å². The molecule has 1 saturated heterocycles. The maximum atomic E-state index is 12.1. The van der Waals surface area contributed by atoms with Crippen molar-refractivity contribution in [2.75, 3.05) is 0 Å². The molecule has 3 unspecified atom stereocenters. The van der Waals surface area contributed by atoms with E-state index in [0.717, 1.165) is 5.56 Å². The number of carbonyl (C=O) groups excluding carboxylic acids is 3. The summed E-state index contributed by atoms with van der Waals surface area (Å²) in [6.45, 7) is 1.88. The van der Waals surface area contributed by atoms with Gasteiger partial charge in [0, 0.05) is 12.8 Å². The highest BCUT2D eigenvalue weighted by Gasteiger charge is 2.34. The molecule has 3 atom stereocenters. The van der Waals surface area contributed by atoms with Gasteiger partial charge in [-0.25, -0.2) is 4.79 Å². The topological polar surface area (TPSA) is 78.9 Å². The van der Waals surface area contributed by atoms with Gasteiger partial charge in [-0.3, -0.25) is 9.59 Å². The number of carbonyl (C=O) groups is 3. The maximum Gasteiger partial charge on any atom is 0.338 e. The molecule has 2 heterocycles. The summed E-state index contributed by atoms with van der Waals surface area (Å²) in [5, 5.41) is 0. The molecule has 24 heavy (non-hydrogen) atoms. The molecular formula is C18H20O6. The number of fused-ring (bicyclic) bond motifs is 1. The second-order valence-electron chi connectivity index (χ2n) is 6.10. The first-order valence-corrected chi connectivity index (χ1v) is 8.24. The Kier molecular flexibility index (Phi) is 4.83. The van der Waals surface area contributed by atoms with Crippen LogP contribution >= 0.6 is 0 Å². The molecule has 2 aliphatic rings. The molecule has 1 fully saturated rings. The van der Waals surface area contributed by atoms with Crippen molar-refractivity contribution in [3.63, 3.8) is 0 Å². The van der Waals surface area contributed by atoms with Gasteiger partial charge in [-0.1, -0.05) is 25.1 Å². The number of esters is 3. The Morgan fingerprint density at radius 2 is 2.08 bits per heavy atom. The van der Waals surface area contributed by atoms with E-state index in [4.69, 9.17) is 14.2 Å². The van der Waals surface area contributed by atoms with Crippen LogP contribution in [0.2, 0.25) is 0 Å². The van der Waals surface area contributed by atoms with Crippen molar-refractivity contribution in [2.24, 2.45) is 0 Å². The molecule has 6 heteroatoms. The fourth-order valence-electron chi connectivity index (χ4n) is 3.12. The quantitative estimate of drug-likeness (QED) is 0.607. The summed E-state index contributed by atoms with van der Waals surface area (Å²) < 4.78 is 16.0. The Labute approximate surface area is 140 Å². The van der Waals surface area contributed by atoms with Gasteiger partial charge in [0.05, 0.1) is 12.0 Å². The average Bonchev–Trinajstić information content (AvgIpc) is 2.97. The fraction of sp³-hybridized carbons (Fsp3) is 0.500. The van der Waals surface area contributed by atoms with Crippen molar-refractivity contribution < 1.29 is 28.6 Å². The van der Waals surface area contributed by atoms with E-state index in [1.165, 1.54) is 0 Å². The molecule has 3 rings (SSSR count). The molecule has 0 aromatic heterocycles. The van der Waals surface area contributed by atoms with E-state index >= 15 is 0 Å². The molecule has 1 aromatic carbocycles. The number of rotatable bonds is 5. The van der Waals surface area contributed by atoms with Gasteiger partial charge in [-0.15, -0.1) is 0 Å². The molecule has 0 radical (unpaired) electrons. The smallest absolute Gasteiger partial charge is 0.338 e. The van der Waals surface area contributed by atoms with Gasteiger partial charge in [0.1, 0.15) is 18.3 Å². The Bertz CT molecular complexity index is 653. The highest BCUT2D eigenvalue weighted by atomic mass is 16.6. The van der Waals surface area contributed by atoms with Crippen LogP contribution in [0.3, 0.4) is 0 Å². The minimum Gasteiger partial charge on any atom is -0.462 e. The van der Waals surface area contributed by atoms with E-state index in [-0.39, 0.29) is 18.4 Å². The Hall–Kier alpha value is -2.37. The molecule has 1 aromatic rings. The van der Waals surface area contributed by atoms with Gasteiger partial charge in [0.25, 0.3) is 0 Å². The van der Waals surface area contributed by atoms with Gasteiger partial charge < -0.3 is 14.2 Å². The highest BCUT2D eigenvalue weighted by molar-refractivity contribution is 5.92. The summed E-state index contributed by atoms with van der Waals surface area (Å²) in [5.41, 5.74) is 1.46. The van der Waals surface area contributed by atoms with Crippen LogP contribution in [-0.2, 0) is 30.2 Å². The first kappa shape index (κ1) is 16.5. The first-order chi connectivity index (χ1) is 11.6. The lowest BCUT2D eigenvalue weighted by atomic mass is 9.95. The zero-order valence-electron chi connectivity index (χ0n) is 13.5. The summed E-state index contributed by atoms with van der Waals surface area (Å²) in [4.78, 5) is 35.3. The second-order valence-corrected chi connectivity index (χ2v) is 6.10. The van der Waals surface area contributed by atoms with E-state index in [2.05, 4.69) is 0 Å². The number of benzene rings is 1. The van der Waals surface area contributed by atoms with Gasteiger partial charge in [0.2, 0.25) is 0 Å².